The van der Waals surface area contributed by atoms with Crippen LogP contribution in [-0.4, -0.2) is 5.78 Å². The molecule has 6 unspecified atom stereocenters. The second-order valence-electron chi connectivity index (χ2n) is 8.66. The minimum absolute atomic E-state index is 0.264. The summed E-state index contributed by atoms with van der Waals surface area (Å²) in [5, 5.41) is 0. The Balaban J connectivity index is 1.75. The van der Waals surface area contributed by atoms with Crippen molar-refractivity contribution in [2.75, 3.05) is 0 Å². The van der Waals surface area contributed by atoms with Gasteiger partial charge in [0.05, 0.1) is 0 Å². The molecule has 1 heteroatoms. The van der Waals surface area contributed by atoms with Crippen LogP contribution in [-0.2, 0) is 4.79 Å². The average Bonchev–Trinajstić information content (AvgIpc) is 2.76. The molecule has 0 amide bonds. The van der Waals surface area contributed by atoms with Crippen LogP contribution in [0.1, 0.15) is 59.3 Å². The first kappa shape index (κ1) is 13.8. The molecule has 0 bridgehead atoms. The van der Waals surface area contributed by atoms with Crippen molar-refractivity contribution in [2.24, 2.45) is 34.5 Å². The van der Waals surface area contributed by atoms with Crippen molar-refractivity contribution in [1.29, 1.82) is 0 Å². The number of ketones is 1. The van der Waals surface area contributed by atoms with Gasteiger partial charge in [-0.3, -0.25) is 4.79 Å². The summed E-state index contributed by atoms with van der Waals surface area (Å²) in [7, 11) is 0. The predicted molar refractivity (Wildman–Crippen MR) is 85.8 cm³/mol. The maximum Gasteiger partial charge on any atom is 0.156 e. The van der Waals surface area contributed by atoms with Crippen LogP contribution in [0.15, 0.2) is 23.8 Å². The molecule has 0 N–H and O–H groups in total. The fourth-order valence-corrected chi connectivity index (χ4v) is 6.26. The van der Waals surface area contributed by atoms with E-state index < -0.39 is 0 Å². The monoisotopic (exact) mass is 284 g/mol. The molecule has 0 spiro atoms. The van der Waals surface area contributed by atoms with Gasteiger partial charge in [-0.25, -0.2) is 0 Å². The maximum absolute atomic E-state index is 11.8. The smallest absolute Gasteiger partial charge is 0.156 e. The third-order valence-electron chi connectivity index (χ3n) is 7.99. The fourth-order valence-electron chi connectivity index (χ4n) is 6.26. The van der Waals surface area contributed by atoms with Gasteiger partial charge in [0.25, 0.3) is 0 Å². The summed E-state index contributed by atoms with van der Waals surface area (Å²) in [4.78, 5) is 11.8. The Kier molecular flexibility index (Phi) is 2.85. The standard InChI is InChI=1S/C20H28O/c1-13-4-7-17-16-6-5-14-12-15(21)8-10-20(14,3)18(16)9-11-19(13,17)2/h5-6,12-13,16-18H,4,7-11H2,1-3H3. The first-order valence-electron chi connectivity index (χ1n) is 8.88. The molecular weight excluding hydrogens is 256 g/mol. The van der Waals surface area contributed by atoms with Crippen LogP contribution in [0.5, 0.6) is 0 Å². The molecule has 0 aromatic rings. The van der Waals surface area contributed by atoms with Crippen molar-refractivity contribution >= 4 is 5.78 Å². The number of hydrogen-bond donors (Lipinski definition) is 0. The number of allylic oxidation sites excluding steroid dienone is 4. The van der Waals surface area contributed by atoms with E-state index in [9.17, 15) is 4.79 Å². The third kappa shape index (κ3) is 1.72. The van der Waals surface area contributed by atoms with E-state index in [4.69, 9.17) is 0 Å². The lowest BCUT2D eigenvalue weighted by Gasteiger charge is -2.55. The zero-order valence-corrected chi connectivity index (χ0v) is 13.7. The Morgan fingerprint density at radius 1 is 1.10 bits per heavy atom. The molecule has 114 valence electrons. The summed E-state index contributed by atoms with van der Waals surface area (Å²) < 4.78 is 0. The normalized spacial score (nSPS) is 52.0. The van der Waals surface area contributed by atoms with Gasteiger partial charge in [0.2, 0.25) is 0 Å². The van der Waals surface area contributed by atoms with E-state index in [1.165, 1.54) is 31.3 Å². The second-order valence-corrected chi connectivity index (χ2v) is 8.66. The van der Waals surface area contributed by atoms with E-state index in [-0.39, 0.29) is 5.41 Å². The van der Waals surface area contributed by atoms with E-state index in [0.717, 1.165) is 36.5 Å². The van der Waals surface area contributed by atoms with E-state index in [0.29, 0.717) is 11.2 Å². The molecule has 0 radical (unpaired) electrons. The molecule has 1 nitrogen and oxygen atoms in total. The third-order valence-corrected chi connectivity index (χ3v) is 7.99. The summed E-state index contributed by atoms with van der Waals surface area (Å²) in [5.41, 5.74) is 2.16. The molecule has 0 aromatic carbocycles. The molecule has 0 aromatic heterocycles. The highest BCUT2D eigenvalue weighted by Crippen LogP contribution is 2.64. The topological polar surface area (TPSA) is 17.1 Å². The van der Waals surface area contributed by atoms with Crippen LogP contribution in [0, 0.1) is 34.5 Å². The molecule has 0 saturated heterocycles. The van der Waals surface area contributed by atoms with Crippen LogP contribution in [0.2, 0.25) is 0 Å². The van der Waals surface area contributed by atoms with Crippen LogP contribution >= 0.6 is 0 Å². The van der Waals surface area contributed by atoms with Crippen LogP contribution in [0.3, 0.4) is 0 Å². The van der Waals surface area contributed by atoms with Crippen molar-refractivity contribution in [3.8, 4) is 0 Å². The summed E-state index contributed by atoms with van der Waals surface area (Å²) in [6.07, 6.45) is 14.1. The number of carbonyl (C=O) groups excluding carboxylic acids is 1. The van der Waals surface area contributed by atoms with Crippen molar-refractivity contribution in [3.63, 3.8) is 0 Å². The first-order chi connectivity index (χ1) is 9.95. The van der Waals surface area contributed by atoms with E-state index in [2.05, 4.69) is 32.9 Å². The Labute approximate surface area is 128 Å². The van der Waals surface area contributed by atoms with Gasteiger partial charge in [-0.15, -0.1) is 0 Å². The SMILES string of the molecule is CC1CCC2C3C=CC4=CC(=O)CCC4(C)C3CCC12C. The zero-order chi connectivity index (χ0) is 14.8. The fraction of sp³-hybridized carbons (Fsp3) is 0.750. The Bertz CT molecular complexity index is 542. The molecule has 2 saturated carbocycles. The maximum atomic E-state index is 11.8. The Hall–Kier alpha value is -0.850. The highest BCUT2D eigenvalue weighted by molar-refractivity contribution is 5.92. The lowest BCUT2D eigenvalue weighted by Crippen LogP contribution is -2.48. The van der Waals surface area contributed by atoms with Gasteiger partial charge in [0.15, 0.2) is 5.78 Å². The number of hydrogen-bond acceptors (Lipinski definition) is 1. The van der Waals surface area contributed by atoms with Gasteiger partial charge in [0, 0.05) is 6.42 Å². The van der Waals surface area contributed by atoms with Crippen molar-refractivity contribution < 1.29 is 4.79 Å². The molecule has 6 atom stereocenters. The molecule has 4 aliphatic carbocycles. The molecule has 0 heterocycles. The quantitative estimate of drug-likeness (QED) is 0.616. The van der Waals surface area contributed by atoms with Crippen LogP contribution < -0.4 is 0 Å². The Morgan fingerprint density at radius 2 is 1.90 bits per heavy atom. The summed E-state index contributed by atoms with van der Waals surface area (Å²) >= 11 is 0. The number of fused-ring (bicyclic) bond motifs is 5. The van der Waals surface area contributed by atoms with Crippen molar-refractivity contribution in [2.45, 2.75) is 59.3 Å². The summed E-state index contributed by atoms with van der Waals surface area (Å²) in [6, 6.07) is 0. The van der Waals surface area contributed by atoms with Crippen molar-refractivity contribution in [3.05, 3.63) is 23.8 Å². The zero-order valence-electron chi connectivity index (χ0n) is 13.7. The van der Waals surface area contributed by atoms with Gasteiger partial charge < -0.3 is 0 Å². The number of rotatable bonds is 0. The Morgan fingerprint density at radius 3 is 2.71 bits per heavy atom. The van der Waals surface area contributed by atoms with E-state index >= 15 is 0 Å². The van der Waals surface area contributed by atoms with Gasteiger partial charge in [0.1, 0.15) is 0 Å². The number of carbonyl (C=O) groups is 1. The van der Waals surface area contributed by atoms with E-state index in [1.54, 1.807) is 0 Å². The average molecular weight is 284 g/mol. The lowest BCUT2D eigenvalue weighted by atomic mass is 9.49. The molecule has 4 aliphatic rings. The van der Waals surface area contributed by atoms with Crippen LogP contribution in [0.25, 0.3) is 0 Å². The highest BCUT2D eigenvalue weighted by atomic mass is 16.1. The van der Waals surface area contributed by atoms with Gasteiger partial charge in [-0.05, 0) is 78.3 Å². The summed E-state index contributed by atoms with van der Waals surface area (Å²) in [5.74, 6) is 3.61. The van der Waals surface area contributed by atoms with Crippen molar-refractivity contribution in [1.82, 2.24) is 0 Å². The largest absolute Gasteiger partial charge is 0.295 e. The predicted octanol–water partition coefficient (Wildman–Crippen LogP) is 4.93. The summed E-state index contributed by atoms with van der Waals surface area (Å²) in [6.45, 7) is 7.46. The molecule has 21 heavy (non-hydrogen) atoms. The molecule has 2 fully saturated rings. The molecule has 0 aliphatic heterocycles. The van der Waals surface area contributed by atoms with Gasteiger partial charge >= 0.3 is 0 Å². The van der Waals surface area contributed by atoms with Crippen LogP contribution in [0.4, 0.5) is 0 Å². The highest BCUT2D eigenvalue weighted by Gasteiger charge is 2.56. The first-order valence-corrected chi connectivity index (χ1v) is 8.88. The molecular formula is C20H28O. The lowest BCUT2D eigenvalue weighted by molar-refractivity contribution is -0.116. The molecule has 4 rings (SSSR count). The van der Waals surface area contributed by atoms with E-state index in [1.807, 2.05) is 6.08 Å². The van der Waals surface area contributed by atoms with Gasteiger partial charge in [-0.2, -0.15) is 0 Å². The minimum Gasteiger partial charge on any atom is -0.295 e. The second kappa shape index (κ2) is 4.33. The van der Waals surface area contributed by atoms with Gasteiger partial charge in [-0.1, -0.05) is 32.9 Å². The minimum atomic E-state index is 0.264.